The summed E-state index contributed by atoms with van der Waals surface area (Å²) in [6, 6.07) is 66.5. The molecule has 14 rings (SSSR count). The Morgan fingerprint density at radius 1 is 0.283 bits per heavy atom. The largest absolute Gasteiger partial charge is 0.508 e. The highest BCUT2D eigenvalue weighted by Gasteiger charge is 2.23. The predicted molar refractivity (Wildman–Crippen MR) is 376 cm³/mol. The Labute approximate surface area is 538 Å². The number of nitrogen functional groups attached to an aromatic ring is 4. The summed E-state index contributed by atoms with van der Waals surface area (Å²) in [4.78, 5) is 0. The van der Waals surface area contributed by atoms with Crippen LogP contribution in [0.1, 0.15) is 90.4 Å². The Balaban J connectivity index is 0.000000126. The third kappa shape index (κ3) is 15.6. The van der Waals surface area contributed by atoms with E-state index >= 15 is 0 Å². The van der Waals surface area contributed by atoms with E-state index in [0.717, 1.165) is 59.1 Å². The van der Waals surface area contributed by atoms with E-state index in [1.807, 2.05) is 72.8 Å². The monoisotopic (exact) mass is 1220 g/mol. The number of ether oxygens (including phenoxy) is 4. The van der Waals surface area contributed by atoms with Crippen LogP contribution in [0.3, 0.4) is 0 Å². The van der Waals surface area contributed by atoms with Gasteiger partial charge in [-0.3, -0.25) is 0 Å². The second-order valence-electron chi connectivity index (χ2n) is 22.9. The van der Waals surface area contributed by atoms with E-state index < -0.39 is 0 Å². The zero-order valence-electron chi connectivity index (χ0n) is 52.1. The molecule has 0 spiro atoms. The lowest BCUT2D eigenvalue weighted by molar-refractivity contribution is 0.406. The van der Waals surface area contributed by atoms with Gasteiger partial charge in [-0.25, -0.2) is 0 Å². The number of anilines is 4. The van der Waals surface area contributed by atoms with Gasteiger partial charge in [-0.1, -0.05) is 182 Å². The Kier molecular flexibility index (Phi) is 20.7. The quantitative estimate of drug-likeness (QED) is 0.0505. The molecule has 0 saturated carbocycles. The number of hydrogen-bond acceptors (Lipinski definition) is 12. The smallest absolute Gasteiger partial charge is 0.122 e. The zero-order chi connectivity index (χ0) is 64.7. The summed E-state index contributed by atoms with van der Waals surface area (Å²) in [5, 5.41) is 40.1. The molecule has 4 unspecified atom stereocenters. The number of aromatic hydroxyl groups is 4. The molecule has 466 valence electrons. The fourth-order valence-electron chi connectivity index (χ4n) is 11.8. The number of allylic oxidation sites excluding steroid dienone is 4. The van der Waals surface area contributed by atoms with Crippen molar-refractivity contribution in [1.29, 1.82) is 0 Å². The Hall–Kier alpha value is -11.2. The van der Waals surface area contributed by atoms with Crippen LogP contribution in [-0.4, -0.2) is 48.9 Å². The number of methoxy groups -OCH3 is 4. The van der Waals surface area contributed by atoms with Crippen LogP contribution in [0.15, 0.2) is 231 Å². The molecule has 0 aromatic heterocycles. The number of nitrogens with two attached hydrogens (primary N) is 4. The zero-order valence-corrected chi connectivity index (χ0v) is 52.1. The van der Waals surface area contributed by atoms with Crippen LogP contribution in [0.5, 0.6) is 46.0 Å². The molecule has 12 nitrogen and oxygen atoms in total. The van der Waals surface area contributed by atoms with Crippen LogP contribution in [-0.2, 0) is 25.7 Å². The third-order valence-corrected chi connectivity index (χ3v) is 17.1. The molecule has 12 heteroatoms. The fourth-order valence-corrected chi connectivity index (χ4v) is 11.8. The van der Waals surface area contributed by atoms with E-state index in [2.05, 4.69) is 146 Å². The standard InChI is InChI=1S/4C17H16O2.C12H14N4/c4*1-19-15-9-8-14(17(18)11-15)10-13-7-6-12-4-2-3-5-16(12)13;13-9-3-1-7(5-11(9)15)8-2-4-10(14)12(16)6-8/h4*2-9,11,13,18H,10H2,1H3;1-6H,13-16H2. The maximum Gasteiger partial charge on any atom is 0.122 e. The van der Waals surface area contributed by atoms with Gasteiger partial charge < -0.3 is 62.3 Å². The van der Waals surface area contributed by atoms with Gasteiger partial charge in [0.25, 0.3) is 0 Å². The van der Waals surface area contributed by atoms with Crippen molar-refractivity contribution in [3.63, 3.8) is 0 Å². The number of rotatable bonds is 13. The summed E-state index contributed by atoms with van der Waals surface area (Å²) >= 11 is 0. The molecule has 0 amide bonds. The van der Waals surface area contributed by atoms with Crippen LogP contribution >= 0.6 is 0 Å². The van der Waals surface area contributed by atoms with Crippen molar-refractivity contribution in [2.75, 3.05) is 51.4 Å². The van der Waals surface area contributed by atoms with Crippen LogP contribution in [0.25, 0.3) is 35.4 Å². The Morgan fingerprint density at radius 2 is 0.522 bits per heavy atom. The van der Waals surface area contributed by atoms with E-state index in [1.165, 1.54) is 44.5 Å². The number of fused-ring (bicyclic) bond motifs is 4. The molecule has 12 N–H and O–H groups in total. The van der Waals surface area contributed by atoms with Gasteiger partial charge in [0.2, 0.25) is 0 Å². The highest BCUT2D eigenvalue weighted by Crippen LogP contribution is 2.40. The predicted octanol–water partition coefficient (Wildman–Crippen LogP) is 16.7. The van der Waals surface area contributed by atoms with Crippen molar-refractivity contribution < 1.29 is 39.4 Å². The molecule has 10 aromatic rings. The van der Waals surface area contributed by atoms with Crippen molar-refractivity contribution in [3.05, 3.63) is 297 Å². The highest BCUT2D eigenvalue weighted by molar-refractivity contribution is 5.79. The fraction of sp³-hybridized carbons (Fsp3) is 0.150. The molecule has 4 atom stereocenters. The van der Waals surface area contributed by atoms with E-state index in [9.17, 15) is 20.4 Å². The molecule has 0 saturated heterocycles. The maximum absolute atomic E-state index is 10.0. The first-order valence-electron chi connectivity index (χ1n) is 30.5. The van der Waals surface area contributed by atoms with Gasteiger partial charge in [-0.05, 0) is 152 Å². The molecule has 0 heterocycles. The minimum Gasteiger partial charge on any atom is -0.508 e. The van der Waals surface area contributed by atoms with Crippen LogP contribution < -0.4 is 41.9 Å². The molecule has 0 radical (unpaired) electrons. The topological polar surface area (TPSA) is 222 Å². The summed E-state index contributed by atoms with van der Waals surface area (Å²) in [5.41, 5.74) is 41.3. The van der Waals surface area contributed by atoms with E-state index in [4.69, 9.17) is 41.9 Å². The summed E-state index contributed by atoms with van der Waals surface area (Å²) in [6.07, 6.45) is 20.7. The molecule has 10 aromatic carbocycles. The van der Waals surface area contributed by atoms with Gasteiger partial charge >= 0.3 is 0 Å². The second-order valence-corrected chi connectivity index (χ2v) is 22.9. The van der Waals surface area contributed by atoms with E-state index in [-0.39, 0.29) is 0 Å². The first-order chi connectivity index (χ1) is 44.7. The average Bonchev–Trinajstić information content (AvgIpc) is 1.75. The maximum atomic E-state index is 10.0. The van der Waals surface area contributed by atoms with Gasteiger partial charge in [0.1, 0.15) is 46.0 Å². The minimum absolute atomic E-state index is 0.303. The molecule has 0 bridgehead atoms. The SMILES string of the molecule is COc1ccc(CC2C=Cc3ccccc32)c(O)c1.COc1ccc(CC2C=Cc3ccccc32)c(O)c1.COc1ccc(CC2C=Cc3ccccc32)c(O)c1.COc1ccc(CC2C=Cc3ccccc32)c(O)c1.Nc1ccc(-c2ccc(N)c(N)c2)cc1N. The molecule has 92 heavy (non-hydrogen) atoms. The molecule has 4 aliphatic carbocycles. The Morgan fingerprint density at radius 3 is 0.739 bits per heavy atom. The number of phenolic OH excluding ortho intramolecular Hbond substituents is 4. The van der Waals surface area contributed by atoms with E-state index in [0.29, 0.717) is 92.4 Å². The number of benzene rings is 10. The minimum atomic E-state index is 0.303. The number of phenols is 4. The molecular weight excluding hydrogens is 1140 g/mol. The van der Waals surface area contributed by atoms with Crippen molar-refractivity contribution in [2.24, 2.45) is 0 Å². The van der Waals surface area contributed by atoms with Gasteiger partial charge in [0, 0.05) is 47.9 Å². The lowest BCUT2D eigenvalue weighted by atomic mass is 9.93. The third-order valence-electron chi connectivity index (χ3n) is 17.1. The second kappa shape index (κ2) is 29.8. The summed E-state index contributed by atoms with van der Waals surface area (Å²) in [7, 11) is 6.41. The summed E-state index contributed by atoms with van der Waals surface area (Å²) < 4.78 is 20.4. The van der Waals surface area contributed by atoms with Crippen LogP contribution in [0.4, 0.5) is 22.7 Å². The molecular formula is C80H78N4O8. The van der Waals surface area contributed by atoms with Crippen molar-refractivity contribution in [3.8, 4) is 57.1 Å². The van der Waals surface area contributed by atoms with Crippen molar-refractivity contribution in [2.45, 2.75) is 49.4 Å². The van der Waals surface area contributed by atoms with Gasteiger partial charge in [-0.15, -0.1) is 0 Å². The van der Waals surface area contributed by atoms with E-state index in [1.54, 1.807) is 64.8 Å². The molecule has 0 aliphatic heterocycles. The van der Waals surface area contributed by atoms with Crippen molar-refractivity contribution >= 4 is 47.1 Å². The molecule has 4 aliphatic rings. The number of hydrogen-bond donors (Lipinski definition) is 8. The van der Waals surface area contributed by atoms with Gasteiger partial charge in [-0.2, -0.15) is 0 Å². The summed E-state index contributed by atoms with van der Waals surface area (Å²) in [5.74, 6) is 5.32. The first-order valence-corrected chi connectivity index (χ1v) is 30.5. The average molecular weight is 1220 g/mol. The van der Waals surface area contributed by atoms with Crippen LogP contribution in [0.2, 0.25) is 0 Å². The lowest BCUT2D eigenvalue weighted by Gasteiger charge is -2.13. The normalized spacial score (nSPS) is 15.3. The summed E-state index contributed by atoms with van der Waals surface area (Å²) in [6.45, 7) is 0. The van der Waals surface area contributed by atoms with Crippen LogP contribution in [0, 0.1) is 0 Å². The molecule has 0 fully saturated rings. The van der Waals surface area contributed by atoms with Gasteiger partial charge in [0.15, 0.2) is 0 Å². The Bertz CT molecular complexity index is 3840. The highest BCUT2D eigenvalue weighted by atomic mass is 16.5. The van der Waals surface area contributed by atoms with Crippen molar-refractivity contribution in [1.82, 2.24) is 0 Å². The van der Waals surface area contributed by atoms with Gasteiger partial charge in [0.05, 0.1) is 51.2 Å². The first kappa shape index (κ1) is 63.8. The lowest BCUT2D eigenvalue weighted by Crippen LogP contribution is -1.98.